The lowest BCUT2D eigenvalue weighted by Crippen LogP contribution is -2.33. The van der Waals surface area contributed by atoms with Crippen molar-refractivity contribution in [2.24, 2.45) is 5.41 Å². The van der Waals surface area contributed by atoms with E-state index in [0.29, 0.717) is 17.9 Å². The Morgan fingerprint density at radius 1 is 1.25 bits per heavy atom. The van der Waals surface area contributed by atoms with Gasteiger partial charge in [-0.25, -0.2) is 4.79 Å². The Morgan fingerprint density at radius 2 is 1.95 bits per heavy atom. The monoisotopic (exact) mass is 294 g/mol. The summed E-state index contributed by atoms with van der Waals surface area (Å²) in [4.78, 5) is 11.7. The molecule has 0 unspecified atom stereocenters. The molecule has 2 rings (SSSR count). The molecule has 110 valence electrons. The molecule has 20 heavy (non-hydrogen) atoms. The van der Waals surface area contributed by atoms with Gasteiger partial charge in [0.15, 0.2) is 0 Å². The molecule has 0 amide bonds. The first-order valence-corrected chi connectivity index (χ1v) is 7.75. The molecule has 1 aliphatic carbocycles. The topological polar surface area (TPSA) is 35.5 Å². The predicted octanol–water partition coefficient (Wildman–Crippen LogP) is 3.73. The number of thiol groups is 1. The Kier molecular flexibility index (Phi) is 5.35. The Morgan fingerprint density at radius 3 is 2.60 bits per heavy atom. The Balaban J connectivity index is 2.08. The molecule has 1 saturated carbocycles. The third-order valence-electron chi connectivity index (χ3n) is 4.08. The first-order chi connectivity index (χ1) is 9.71. The highest BCUT2D eigenvalue weighted by Gasteiger charge is 2.32. The summed E-state index contributed by atoms with van der Waals surface area (Å²) >= 11 is 4.51. The second-order valence-electron chi connectivity index (χ2n) is 5.50. The SMILES string of the molecule is COC(=O)c1ccccc1OCC1(CS)CCCCC1. The van der Waals surface area contributed by atoms with Crippen LogP contribution in [0.2, 0.25) is 0 Å². The molecule has 4 heteroatoms. The lowest BCUT2D eigenvalue weighted by molar-refractivity contribution is 0.0589. The quantitative estimate of drug-likeness (QED) is 0.664. The van der Waals surface area contributed by atoms with Crippen LogP contribution in [0, 0.1) is 5.41 Å². The van der Waals surface area contributed by atoms with E-state index in [2.05, 4.69) is 12.6 Å². The zero-order chi connectivity index (χ0) is 14.4. The van der Waals surface area contributed by atoms with Gasteiger partial charge in [-0.05, 0) is 30.7 Å². The number of methoxy groups -OCH3 is 1. The van der Waals surface area contributed by atoms with Gasteiger partial charge in [0.2, 0.25) is 0 Å². The maximum Gasteiger partial charge on any atom is 0.341 e. The number of esters is 1. The van der Waals surface area contributed by atoms with E-state index in [4.69, 9.17) is 9.47 Å². The maximum atomic E-state index is 11.7. The molecular formula is C16H22O3S. The molecule has 0 spiro atoms. The van der Waals surface area contributed by atoms with Crippen molar-refractivity contribution in [1.82, 2.24) is 0 Å². The minimum Gasteiger partial charge on any atom is -0.492 e. The fraction of sp³-hybridized carbons (Fsp3) is 0.562. The molecule has 0 bridgehead atoms. The van der Waals surface area contributed by atoms with E-state index in [1.165, 1.54) is 26.4 Å². The van der Waals surface area contributed by atoms with Gasteiger partial charge in [0.05, 0.1) is 13.7 Å². The summed E-state index contributed by atoms with van der Waals surface area (Å²) in [6.45, 7) is 0.616. The van der Waals surface area contributed by atoms with Crippen LogP contribution in [0.4, 0.5) is 0 Å². The first-order valence-electron chi connectivity index (χ1n) is 7.12. The molecule has 0 aromatic heterocycles. The molecule has 0 atom stereocenters. The van der Waals surface area contributed by atoms with Crippen LogP contribution in [0.25, 0.3) is 0 Å². The van der Waals surface area contributed by atoms with Crippen molar-refractivity contribution in [3.05, 3.63) is 29.8 Å². The lowest BCUT2D eigenvalue weighted by atomic mass is 9.76. The predicted molar refractivity (Wildman–Crippen MR) is 82.6 cm³/mol. The molecular weight excluding hydrogens is 272 g/mol. The van der Waals surface area contributed by atoms with Gasteiger partial charge >= 0.3 is 5.97 Å². The van der Waals surface area contributed by atoms with Gasteiger partial charge in [0.1, 0.15) is 11.3 Å². The minimum absolute atomic E-state index is 0.143. The van der Waals surface area contributed by atoms with Crippen LogP contribution >= 0.6 is 12.6 Å². The average Bonchev–Trinajstić information content (AvgIpc) is 2.53. The number of carbonyl (C=O) groups is 1. The number of rotatable bonds is 5. The van der Waals surface area contributed by atoms with E-state index < -0.39 is 0 Å². The smallest absolute Gasteiger partial charge is 0.341 e. The number of hydrogen-bond acceptors (Lipinski definition) is 4. The van der Waals surface area contributed by atoms with E-state index in [-0.39, 0.29) is 11.4 Å². The largest absolute Gasteiger partial charge is 0.492 e. The van der Waals surface area contributed by atoms with Crippen LogP contribution in [0.15, 0.2) is 24.3 Å². The van der Waals surface area contributed by atoms with Crippen molar-refractivity contribution < 1.29 is 14.3 Å². The maximum absolute atomic E-state index is 11.7. The minimum atomic E-state index is -0.357. The Labute approximate surface area is 126 Å². The number of para-hydroxylation sites is 1. The molecule has 0 saturated heterocycles. The van der Waals surface area contributed by atoms with Gasteiger partial charge in [-0.1, -0.05) is 31.4 Å². The molecule has 3 nitrogen and oxygen atoms in total. The van der Waals surface area contributed by atoms with E-state index in [0.717, 1.165) is 18.6 Å². The third kappa shape index (κ3) is 3.48. The molecule has 0 N–H and O–H groups in total. The summed E-state index contributed by atoms with van der Waals surface area (Å²) in [5, 5.41) is 0. The van der Waals surface area contributed by atoms with Crippen molar-refractivity contribution in [1.29, 1.82) is 0 Å². The first kappa shape index (κ1) is 15.2. The van der Waals surface area contributed by atoms with Gasteiger partial charge in [0.25, 0.3) is 0 Å². The van der Waals surface area contributed by atoms with Gasteiger partial charge in [-0.15, -0.1) is 0 Å². The lowest BCUT2D eigenvalue weighted by Gasteiger charge is -2.35. The summed E-state index contributed by atoms with van der Waals surface area (Å²) in [5.41, 5.74) is 0.630. The van der Waals surface area contributed by atoms with Crippen LogP contribution in [0.5, 0.6) is 5.75 Å². The molecule has 1 aromatic rings. The normalized spacial score (nSPS) is 17.5. The second kappa shape index (κ2) is 7.02. The van der Waals surface area contributed by atoms with Crippen LogP contribution in [-0.2, 0) is 4.74 Å². The summed E-state index contributed by atoms with van der Waals surface area (Å²) in [6.07, 6.45) is 6.08. The van der Waals surface area contributed by atoms with Crippen LogP contribution in [0.1, 0.15) is 42.5 Å². The van der Waals surface area contributed by atoms with E-state index >= 15 is 0 Å². The number of carbonyl (C=O) groups excluding carboxylic acids is 1. The summed E-state index contributed by atoms with van der Waals surface area (Å²) < 4.78 is 10.7. The Hall–Kier alpha value is -1.16. The van der Waals surface area contributed by atoms with Crippen molar-refractivity contribution in [3.8, 4) is 5.75 Å². The Bertz CT molecular complexity index is 453. The molecule has 1 aliphatic rings. The number of ether oxygens (including phenoxy) is 2. The van der Waals surface area contributed by atoms with Gasteiger partial charge < -0.3 is 9.47 Å². The molecule has 1 aromatic carbocycles. The summed E-state index contributed by atoms with van der Waals surface area (Å²) in [5.74, 6) is 1.07. The third-order valence-corrected chi connectivity index (χ3v) is 4.75. The average molecular weight is 294 g/mol. The fourth-order valence-corrected chi connectivity index (χ4v) is 3.16. The van der Waals surface area contributed by atoms with Crippen molar-refractivity contribution >= 4 is 18.6 Å². The van der Waals surface area contributed by atoms with Crippen LogP contribution < -0.4 is 4.74 Å². The molecule has 0 heterocycles. The van der Waals surface area contributed by atoms with Gasteiger partial charge in [0, 0.05) is 5.41 Å². The molecule has 0 aliphatic heterocycles. The summed E-state index contributed by atoms with van der Waals surface area (Å²) in [7, 11) is 1.38. The zero-order valence-corrected chi connectivity index (χ0v) is 12.8. The van der Waals surface area contributed by atoms with Crippen molar-refractivity contribution in [3.63, 3.8) is 0 Å². The van der Waals surface area contributed by atoms with E-state index in [9.17, 15) is 4.79 Å². The van der Waals surface area contributed by atoms with Crippen LogP contribution in [-0.4, -0.2) is 25.4 Å². The highest BCUT2D eigenvalue weighted by molar-refractivity contribution is 7.80. The van der Waals surface area contributed by atoms with E-state index in [1.807, 2.05) is 18.2 Å². The van der Waals surface area contributed by atoms with Gasteiger partial charge in [-0.2, -0.15) is 12.6 Å². The molecule has 1 fully saturated rings. The fourth-order valence-electron chi connectivity index (χ4n) is 2.75. The van der Waals surface area contributed by atoms with E-state index in [1.54, 1.807) is 6.07 Å². The number of hydrogen-bond donors (Lipinski definition) is 1. The number of benzene rings is 1. The summed E-state index contributed by atoms with van der Waals surface area (Å²) in [6, 6.07) is 7.24. The van der Waals surface area contributed by atoms with Crippen molar-refractivity contribution in [2.45, 2.75) is 32.1 Å². The standard InChI is InChI=1S/C16H22O3S/c1-18-15(17)13-7-3-4-8-14(13)19-11-16(12-20)9-5-2-6-10-16/h3-4,7-8,20H,2,5-6,9-12H2,1H3. The zero-order valence-electron chi connectivity index (χ0n) is 11.9. The van der Waals surface area contributed by atoms with Gasteiger partial charge in [-0.3, -0.25) is 0 Å². The van der Waals surface area contributed by atoms with Crippen molar-refractivity contribution in [2.75, 3.05) is 19.5 Å². The highest BCUT2D eigenvalue weighted by atomic mass is 32.1. The van der Waals surface area contributed by atoms with Crippen LogP contribution in [0.3, 0.4) is 0 Å². The molecule has 0 radical (unpaired) electrons. The highest BCUT2D eigenvalue weighted by Crippen LogP contribution is 2.38. The second-order valence-corrected chi connectivity index (χ2v) is 5.81.